The van der Waals surface area contributed by atoms with Gasteiger partial charge in [0.15, 0.2) is 5.69 Å². The third kappa shape index (κ3) is 4.20. The number of ketones is 1. The number of hydrogen-bond acceptors (Lipinski definition) is 5. The van der Waals surface area contributed by atoms with Gasteiger partial charge in [-0.2, -0.15) is 5.10 Å². The molecule has 156 valence electrons. The lowest BCUT2D eigenvalue weighted by atomic mass is 10.0. The Morgan fingerprint density at radius 2 is 1.81 bits per heavy atom. The molecule has 4 aromatic rings. The second-order valence-corrected chi connectivity index (χ2v) is 7.10. The van der Waals surface area contributed by atoms with Crippen LogP contribution >= 0.6 is 0 Å². The summed E-state index contributed by atoms with van der Waals surface area (Å²) in [7, 11) is 0. The van der Waals surface area contributed by atoms with Gasteiger partial charge < -0.3 is 16.0 Å². The smallest absolute Gasteiger partial charge is 0.287 e. The van der Waals surface area contributed by atoms with Gasteiger partial charge in [0, 0.05) is 12.1 Å². The topological polar surface area (TPSA) is 136 Å². The molecule has 0 unspecified atom stereocenters. The highest BCUT2D eigenvalue weighted by Gasteiger charge is 2.27. The number of nitrogens with one attached hydrogen (secondary N) is 2. The molecule has 4 N–H and O–H groups in total. The van der Waals surface area contributed by atoms with Gasteiger partial charge >= 0.3 is 0 Å². The molecule has 0 aliphatic rings. The number of hydrogen-bond donors (Lipinski definition) is 3. The normalized spacial score (nSPS) is 11.9. The summed E-state index contributed by atoms with van der Waals surface area (Å²) in [4.78, 5) is 44.2. The molecule has 1 atom stereocenters. The van der Waals surface area contributed by atoms with Crippen molar-refractivity contribution < 1.29 is 14.4 Å². The third-order valence-corrected chi connectivity index (χ3v) is 4.84. The van der Waals surface area contributed by atoms with Gasteiger partial charge in [0.25, 0.3) is 11.8 Å². The van der Waals surface area contributed by atoms with Gasteiger partial charge in [-0.25, -0.2) is 9.67 Å². The fourth-order valence-corrected chi connectivity index (χ4v) is 3.30. The van der Waals surface area contributed by atoms with Crippen molar-refractivity contribution in [3.63, 3.8) is 0 Å². The van der Waals surface area contributed by atoms with Crippen LogP contribution in [0.5, 0.6) is 0 Å². The predicted octanol–water partition coefficient (Wildman–Crippen LogP) is 1.45. The molecule has 0 aliphatic carbocycles. The summed E-state index contributed by atoms with van der Waals surface area (Å²) in [5, 5.41) is 6.91. The number of aromatic amines is 1. The number of aryl methyl sites for hydroxylation is 1. The van der Waals surface area contributed by atoms with Gasteiger partial charge in [0.05, 0.1) is 11.0 Å². The number of rotatable bonds is 7. The van der Waals surface area contributed by atoms with Crippen LogP contribution in [0.2, 0.25) is 0 Å². The second kappa shape index (κ2) is 8.23. The average Bonchev–Trinajstić information content (AvgIpc) is 3.36. The average molecular weight is 416 g/mol. The molecule has 0 saturated heterocycles. The maximum atomic E-state index is 12.8. The number of para-hydroxylation sites is 2. The number of fused-ring (bicyclic) bond motifs is 1. The Morgan fingerprint density at radius 3 is 2.52 bits per heavy atom. The Bertz CT molecular complexity index is 1240. The first-order valence-corrected chi connectivity index (χ1v) is 9.62. The fraction of sp³-hybridized carbons (Fsp3) is 0.136. The number of amides is 2. The van der Waals surface area contributed by atoms with Crippen LogP contribution in [-0.4, -0.2) is 43.4 Å². The van der Waals surface area contributed by atoms with Crippen LogP contribution in [0.25, 0.3) is 17.0 Å². The largest absolute Gasteiger partial charge is 0.363 e. The molecule has 0 fully saturated rings. The maximum Gasteiger partial charge on any atom is 0.287 e. The van der Waals surface area contributed by atoms with Crippen molar-refractivity contribution in [3.05, 3.63) is 77.6 Å². The lowest BCUT2D eigenvalue weighted by Gasteiger charge is -2.15. The van der Waals surface area contributed by atoms with Gasteiger partial charge in [0.2, 0.25) is 11.7 Å². The van der Waals surface area contributed by atoms with Gasteiger partial charge in [-0.15, -0.1) is 0 Å². The summed E-state index contributed by atoms with van der Waals surface area (Å²) in [6, 6.07) is 17.1. The first kappa shape index (κ1) is 20.0. The zero-order valence-electron chi connectivity index (χ0n) is 16.7. The fourth-order valence-electron chi connectivity index (χ4n) is 3.30. The molecule has 0 spiro atoms. The molecule has 4 rings (SSSR count). The van der Waals surface area contributed by atoms with Crippen LogP contribution in [0, 0.1) is 6.92 Å². The van der Waals surface area contributed by atoms with Crippen molar-refractivity contribution >= 4 is 28.6 Å². The second-order valence-electron chi connectivity index (χ2n) is 7.10. The van der Waals surface area contributed by atoms with E-state index >= 15 is 0 Å². The van der Waals surface area contributed by atoms with Crippen molar-refractivity contribution in [1.29, 1.82) is 0 Å². The first-order chi connectivity index (χ1) is 14.9. The summed E-state index contributed by atoms with van der Waals surface area (Å²) in [6.07, 6.45) is 0.137. The number of carbonyl (C=O) groups excluding carboxylic acids is 3. The van der Waals surface area contributed by atoms with Crippen LogP contribution in [0.3, 0.4) is 0 Å². The molecule has 0 radical (unpaired) electrons. The number of H-pyrrole nitrogens is 1. The van der Waals surface area contributed by atoms with Crippen molar-refractivity contribution in [2.45, 2.75) is 19.4 Å². The van der Waals surface area contributed by atoms with E-state index in [0.29, 0.717) is 11.6 Å². The Hall–Kier alpha value is -4.27. The Labute approximate surface area is 177 Å². The van der Waals surface area contributed by atoms with E-state index in [1.165, 1.54) is 4.68 Å². The van der Waals surface area contributed by atoms with E-state index in [2.05, 4.69) is 20.4 Å². The maximum absolute atomic E-state index is 12.8. The molecule has 2 aromatic heterocycles. The Kier molecular flexibility index (Phi) is 5.31. The lowest BCUT2D eigenvalue weighted by molar-refractivity contribution is -0.137. The first-order valence-electron chi connectivity index (χ1n) is 9.62. The molecule has 31 heavy (non-hydrogen) atoms. The summed E-state index contributed by atoms with van der Waals surface area (Å²) < 4.78 is 1.51. The van der Waals surface area contributed by atoms with Gasteiger partial charge in [0.1, 0.15) is 6.04 Å². The number of benzene rings is 2. The minimum Gasteiger partial charge on any atom is -0.363 e. The van der Waals surface area contributed by atoms with Gasteiger partial charge in [-0.3, -0.25) is 14.4 Å². The minimum atomic E-state index is -1.11. The summed E-state index contributed by atoms with van der Waals surface area (Å²) >= 11 is 0. The zero-order chi connectivity index (χ0) is 22.0. The molecule has 2 aromatic carbocycles. The summed E-state index contributed by atoms with van der Waals surface area (Å²) in [5.41, 5.74) is 8.33. The van der Waals surface area contributed by atoms with Gasteiger partial charge in [-0.05, 0) is 30.7 Å². The highest BCUT2D eigenvalue weighted by atomic mass is 16.2. The molecule has 0 aliphatic heterocycles. The van der Waals surface area contributed by atoms with Crippen LogP contribution in [0.15, 0.2) is 60.7 Å². The molecule has 9 heteroatoms. The van der Waals surface area contributed by atoms with E-state index in [-0.39, 0.29) is 12.1 Å². The van der Waals surface area contributed by atoms with Crippen molar-refractivity contribution in [2.75, 3.05) is 0 Å². The standard InChI is InChI=1S/C22H20N6O3/c1-13-11-18(27-28(13)22-25-15-9-5-6-10-16(15)26-22)21(31)24-17(19(29)20(23)30)12-14-7-3-2-4-8-14/h2-11,17H,12H2,1H3,(H2,23,30)(H,24,31)(H,25,26)/t17-/m0/s1. The molecule has 9 nitrogen and oxygen atoms in total. The van der Waals surface area contributed by atoms with Crippen molar-refractivity contribution in [1.82, 2.24) is 25.1 Å². The number of nitrogens with two attached hydrogens (primary N) is 1. The van der Waals surface area contributed by atoms with Crippen molar-refractivity contribution in [3.8, 4) is 5.95 Å². The number of imidazole rings is 1. The number of aromatic nitrogens is 4. The SMILES string of the molecule is Cc1cc(C(=O)N[C@@H](Cc2ccccc2)C(=O)C(N)=O)nn1-c1nc2ccccc2[nH]1. The van der Waals surface area contributed by atoms with Crippen LogP contribution in [0.1, 0.15) is 21.7 Å². The highest BCUT2D eigenvalue weighted by molar-refractivity contribution is 6.38. The molecule has 2 amide bonds. The predicted molar refractivity (Wildman–Crippen MR) is 114 cm³/mol. The Balaban J connectivity index is 1.58. The van der Waals surface area contributed by atoms with E-state index in [4.69, 9.17) is 5.73 Å². The summed E-state index contributed by atoms with van der Waals surface area (Å²) in [6.45, 7) is 1.78. The third-order valence-electron chi connectivity index (χ3n) is 4.84. The lowest BCUT2D eigenvalue weighted by Crippen LogP contribution is -2.47. The monoisotopic (exact) mass is 416 g/mol. The van der Waals surface area contributed by atoms with Crippen LogP contribution < -0.4 is 11.1 Å². The van der Waals surface area contributed by atoms with E-state index in [1.54, 1.807) is 37.3 Å². The number of Topliss-reactive ketones (excluding diaryl/α,β-unsaturated/α-hetero) is 1. The molecular weight excluding hydrogens is 396 g/mol. The van der Waals surface area contributed by atoms with E-state index in [9.17, 15) is 14.4 Å². The van der Waals surface area contributed by atoms with Gasteiger partial charge in [-0.1, -0.05) is 42.5 Å². The van der Waals surface area contributed by atoms with Crippen LogP contribution in [-0.2, 0) is 16.0 Å². The number of primary amides is 1. The number of carbonyl (C=O) groups is 3. The molecule has 0 saturated carbocycles. The molecular formula is C22H20N6O3. The van der Waals surface area contributed by atoms with E-state index in [1.807, 2.05) is 30.3 Å². The van der Waals surface area contributed by atoms with Crippen LogP contribution in [0.4, 0.5) is 0 Å². The molecule has 2 heterocycles. The minimum absolute atomic E-state index is 0.0910. The van der Waals surface area contributed by atoms with Crippen molar-refractivity contribution in [2.24, 2.45) is 5.73 Å². The number of nitrogens with zero attached hydrogens (tertiary/aromatic N) is 3. The van der Waals surface area contributed by atoms with E-state index in [0.717, 1.165) is 16.6 Å². The quantitative estimate of drug-likeness (QED) is 0.392. The summed E-state index contributed by atoms with van der Waals surface area (Å²) in [5.74, 6) is -2.10. The Morgan fingerprint density at radius 1 is 1.10 bits per heavy atom. The molecule has 0 bridgehead atoms. The zero-order valence-corrected chi connectivity index (χ0v) is 16.7. The van der Waals surface area contributed by atoms with E-state index < -0.39 is 23.6 Å². The highest BCUT2D eigenvalue weighted by Crippen LogP contribution is 2.15.